The van der Waals surface area contributed by atoms with Crippen LogP contribution < -0.4 is 5.32 Å². The first-order chi connectivity index (χ1) is 7.60. The highest BCUT2D eigenvalue weighted by atomic mass is 16.1. The van der Waals surface area contributed by atoms with Crippen LogP contribution in [0.4, 0.5) is 0 Å². The summed E-state index contributed by atoms with van der Waals surface area (Å²) in [6.45, 7) is 3.97. The number of carbonyl (C=O) groups excluding carboxylic acids is 1. The third-order valence-corrected chi connectivity index (χ3v) is 2.54. The fraction of sp³-hybridized carbons (Fsp3) is 0.231. The first kappa shape index (κ1) is 12.0. The van der Waals surface area contributed by atoms with Crippen molar-refractivity contribution in [3.63, 3.8) is 0 Å². The van der Waals surface area contributed by atoms with Gasteiger partial charge in [0.25, 0.3) is 5.91 Å². The van der Waals surface area contributed by atoms with Crippen molar-refractivity contribution in [3.05, 3.63) is 40.5 Å². The van der Waals surface area contributed by atoms with Gasteiger partial charge in [-0.15, -0.1) is 0 Å². The molecule has 0 aliphatic heterocycles. The van der Waals surface area contributed by atoms with Crippen LogP contribution in [-0.2, 0) is 4.79 Å². The van der Waals surface area contributed by atoms with Gasteiger partial charge in [0.15, 0.2) is 0 Å². The highest BCUT2D eigenvalue weighted by Gasteiger charge is 2.07. The zero-order valence-corrected chi connectivity index (χ0v) is 9.66. The zero-order valence-electron chi connectivity index (χ0n) is 9.66. The van der Waals surface area contributed by atoms with Crippen LogP contribution >= 0.6 is 0 Å². The molecule has 0 unspecified atom stereocenters. The Morgan fingerprint density at radius 3 is 2.69 bits per heavy atom. The lowest BCUT2D eigenvalue weighted by atomic mass is 10.0. The zero-order chi connectivity index (χ0) is 12.1. The predicted octanol–water partition coefficient (Wildman–Crippen LogP) is 1.96. The highest BCUT2D eigenvalue weighted by molar-refractivity contribution is 6.01. The van der Waals surface area contributed by atoms with Crippen molar-refractivity contribution in [3.8, 4) is 6.07 Å². The van der Waals surface area contributed by atoms with Crippen LogP contribution in [0.2, 0.25) is 0 Å². The molecule has 0 saturated heterocycles. The number of hydrogen-bond acceptors (Lipinski definition) is 2. The molecule has 16 heavy (non-hydrogen) atoms. The molecule has 82 valence electrons. The minimum Gasteiger partial charge on any atom is -0.354 e. The van der Waals surface area contributed by atoms with Gasteiger partial charge in [0.2, 0.25) is 0 Å². The Hall–Kier alpha value is -2.08. The van der Waals surface area contributed by atoms with Gasteiger partial charge in [-0.1, -0.05) is 18.2 Å². The Bertz CT molecular complexity index is 481. The van der Waals surface area contributed by atoms with Crippen molar-refractivity contribution in [2.75, 3.05) is 7.05 Å². The molecule has 3 heteroatoms. The SMILES string of the molecule is CNC(=O)/C(C#N)=C/c1cccc(C)c1C. The van der Waals surface area contributed by atoms with E-state index in [-0.39, 0.29) is 11.5 Å². The second-order valence-electron chi connectivity index (χ2n) is 3.54. The summed E-state index contributed by atoms with van der Waals surface area (Å²) in [7, 11) is 1.51. The maximum absolute atomic E-state index is 11.3. The van der Waals surface area contributed by atoms with E-state index in [1.807, 2.05) is 38.1 Å². The van der Waals surface area contributed by atoms with Gasteiger partial charge < -0.3 is 5.32 Å². The van der Waals surface area contributed by atoms with E-state index in [1.165, 1.54) is 7.05 Å². The molecule has 1 rings (SSSR count). The van der Waals surface area contributed by atoms with E-state index in [1.54, 1.807) is 6.08 Å². The molecular formula is C13H14N2O. The second kappa shape index (κ2) is 5.13. The van der Waals surface area contributed by atoms with Crippen molar-refractivity contribution in [1.29, 1.82) is 5.26 Å². The molecule has 0 saturated carbocycles. The van der Waals surface area contributed by atoms with Gasteiger partial charge in [-0.25, -0.2) is 0 Å². The van der Waals surface area contributed by atoms with E-state index in [0.29, 0.717) is 0 Å². The van der Waals surface area contributed by atoms with Gasteiger partial charge in [-0.2, -0.15) is 5.26 Å². The smallest absolute Gasteiger partial charge is 0.261 e. The number of rotatable bonds is 2. The summed E-state index contributed by atoms with van der Waals surface area (Å²) >= 11 is 0. The summed E-state index contributed by atoms with van der Waals surface area (Å²) in [5.41, 5.74) is 3.25. The van der Waals surface area contributed by atoms with Gasteiger partial charge in [0.05, 0.1) is 0 Å². The van der Waals surface area contributed by atoms with Gasteiger partial charge in [-0.05, 0) is 36.6 Å². The summed E-state index contributed by atoms with van der Waals surface area (Å²) in [5, 5.41) is 11.3. The van der Waals surface area contributed by atoms with E-state index in [2.05, 4.69) is 5.32 Å². The van der Waals surface area contributed by atoms with Crippen molar-refractivity contribution in [1.82, 2.24) is 5.32 Å². The number of nitrogens with zero attached hydrogens (tertiary/aromatic N) is 1. The molecule has 1 N–H and O–H groups in total. The summed E-state index contributed by atoms with van der Waals surface area (Å²) in [6.07, 6.45) is 1.61. The van der Waals surface area contributed by atoms with Crippen LogP contribution in [0.15, 0.2) is 23.8 Å². The molecule has 3 nitrogen and oxygen atoms in total. The summed E-state index contributed by atoms with van der Waals surface area (Å²) < 4.78 is 0. The van der Waals surface area contributed by atoms with Crippen molar-refractivity contribution >= 4 is 12.0 Å². The van der Waals surface area contributed by atoms with E-state index in [4.69, 9.17) is 5.26 Å². The van der Waals surface area contributed by atoms with Crippen LogP contribution in [0, 0.1) is 25.2 Å². The van der Waals surface area contributed by atoms with Crippen LogP contribution in [0.5, 0.6) is 0 Å². The average Bonchev–Trinajstić information content (AvgIpc) is 2.30. The molecule has 0 radical (unpaired) electrons. The van der Waals surface area contributed by atoms with Gasteiger partial charge >= 0.3 is 0 Å². The number of hydrogen-bond donors (Lipinski definition) is 1. The maximum Gasteiger partial charge on any atom is 0.261 e. The Morgan fingerprint density at radius 2 is 2.12 bits per heavy atom. The topological polar surface area (TPSA) is 52.9 Å². The second-order valence-corrected chi connectivity index (χ2v) is 3.54. The Labute approximate surface area is 95.4 Å². The van der Waals surface area contributed by atoms with E-state index in [9.17, 15) is 4.79 Å². The summed E-state index contributed by atoms with van der Waals surface area (Å²) in [5.74, 6) is -0.358. The van der Waals surface area contributed by atoms with Crippen LogP contribution in [0.1, 0.15) is 16.7 Å². The van der Waals surface area contributed by atoms with Gasteiger partial charge in [0, 0.05) is 7.05 Å². The molecule has 0 aromatic heterocycles. The number of likely N-dealkylation sites (N-methyl/N-ethyl adjacent to an activating group) is 1. The molecule has 0 atom stereocenters. The van der Waals surface area contributed by atoms with Crippen molar-refractivity contribution in [2.24, 2.45) is 0 Å². The molecule has 1 aromatic carbocycles. The van der Waals surface area contributed by atoms with Gasteiger partial charge in [0.1, 0.15) is 11.6 Å². The Kier molecular flexibility index (Phi) is 3.84. The Morgan fingerprint density at radius 1 is 1.44 bits per heavy atom. The number of nitriles is 1. The standard InChI is InChI=1S/C13H14N2O/c1-9-5-4-6-11(10(9)2)7-12(8-14)13(16)15-3/h4-7H,1-3H3,(H,15,16)/b12-7+. The minimum absolute atomic E-state index is 0.121. The van der Waals surface area contributed by atoms with Crippen LogP contribution in [-0.4, -0.2) is 13.0 Å². The molecule has 0 spiro atoms. The fourth-order valence-electron chi connectivity index (χ4n) is 1.37. The quantitative estimate of drug-likeness (QED) is 0.604. The fourth-order valence-corrected chi connectivity index (χ4v) is 1.37. The highest BCUT2D eigenvalue weighted by Crippen LogP contribution is 2.15. The monoisotopic (exact) mass is 214 g/mol. The first-order valence-electron chi connectivity index (χ1n) is 5.00. The maximum atomic E-state index is 11.3. The summed E-state index contributed by atoms with van der Waals surface area (Å²) in [6, 6.07) is 7.70. The predicted molar refractivity (Wildman–Crippen MR) is 63.6 cm³/mol. The normalized spacial score (nSPS) is 10.8. The molecule has 0 aliphatic carbocycles. The first-order valence-corrected chi connectivity index (χ1v) is 5.00. The number of aryl methyl sites for hydroxylation is 1. The Balaban J connectivity index is 3.20. The largest absolute Gasteiger partial charge is 0.354 e. The third kappa shape index (κ3) is 2.48. The van der Waals surface area contributed by atoms with Crippen LogP contribution in [0.25, 0.3) is 6.08 Å². The number of amides is 1. The lowest BCUT2D eigenvalue weighted by Gasteiger charge is -2.04. The van der Waals surface area contributed by atoms with Crippen molar-refractivity contribution < 1.29 is 4.79 Å². The molecule has 0 bridgehead atoms. The molecular weight excluding hydrogens is 200 g/mol. The lowest BCUT2D eigenvalue weighted by Crippen LogP contribution is -2.19. The molecule has 1 amide bonds. The van der Waals surface area contributed by atoms with E-state index < -0.39 is 0 Å². The lowest BCUT2D eigenvalue weighted by molar-refractivity contribution is -0.116. The molecule has 1 aromatic rings. The molecule has 0 fully saturated rings. The van der Waals surface area contributed by atoms with Crippen molar-refractivity contribution in [2.45, 2.75) is 13.8 Å². The number of nitrogens with one attached hydrogen (secondary N) is 1. The van der Waals surface area contributed by atoms with Gasteiger partial charge in [-0.3, -0.25) is 4.79 Å². The molecule has 0 aliphatic rings. The van der Waals surface area contributed by atoms with E-state index >= 15 is 0 Å². The minimum atomic E-state index is -0.358. The summed E-state index contributed by atoms with van der Waals surface area (Å²) in [4.78, 5) is 11.3. The average molecular weight is 214 g/mol. The van der Waals surface area contributed by atoms with E-state index in [0.717, 1.165) is 16.7 Å². The third-order valence-electron chi connectivity index (χ3n) is 2.54. The molecule has 0 heterocycles. The van der Waals surface area contributed by atoms with Crippen LogP contribution in [0.3, 0.4) is 0 Å². The number of benzene rings is 1. The number of carbonyl (C=O) groups is 1.